The zero-order chi connectivity index (χ0) is 18.8. The number of aryl methyl sites for hydroxylation is 1. The van der Waals surface area contributed by atoms with Crippen molar-refractivity contribution in [2.24, 2.45) is 0 Å². The number of ether oxygens (including phenoxy) is 1. The predicted octanol–water partition coefficient (Wildman–Crippen LogP) is 4.22. The van der Waals surface area contributed by atoms with Crippen molar-refractivity contribution < 1.29 is 9.53 Å². The van der Waals surface area contributed by atoms with E-state index in [4.69, 9.17) is 4.74 Å². The Morgan fingerprint density at radius 3 is 3.07 bits per heavy atom. The molecule has 0 atom stereocenters. The lowest BCUT2D eigenvalue weighted by Gasteiger charge is -2.14. The minimum atomic E-state index is -0.457. The average Bonchev–Trinajstić information content (AvgIpc) is 3.11. The monoisotopic (exact) mass is 363 g/mol. The van der Waals surface area contributed by atoms with E-state index < -0.39 is 6.09 Å². The van der Waals surface area contributed by atoms with Gasteiger partial charge in [-0.05, 0) is 38.0 Å². The van der Waals surface area contributed by atoms with Crippen molar-refractivity contribution in [2.75, 3.05) is 29.1 Å². The third-order valence-electron chi connectivity index (χ3n) is 4.52. The van der Waals surface area contributed by atoms with Gasteiger partial charge >= 0.3 is 6.09 Å². The normalized spacial score (nSPS) is 12.4. The molecule has 1 aliphatic heterocycles. The van der Waals surface area contributed by atoms with E-state index in [0.29, 0.717) is 12.6 Å². The van der Waals surface area contributed by atoms with E-state index in [9.17, 15) is 4.79 Å². The number of aromatic nitrogens is 2. The van der Waals surface area contributed by atoms with Crippen LogP contribution < -0.4 is 16.0 Å². The van der Waals surface area contributed by atoms with Crippen molar-refractivity contribution in [3.63, 3.8) is 0 Å². The van der Waals surface area contributed by atoms with Crippen LogP contribution in [-0.2, 0) is 11.2 Å². The SMILES string of the molecule is CCOC(=O)Nc1cc(Nc2ncc3cccc(C)c3n2)cc2c1CCN2. The number of rotatable bonds is 4. The number of para-hydroxylation sites is 1. The van der Waals surface area contributed by atoms with E-state index in [1.165, 1.54) is 0 Å². The minimum Gasteiger partial charge on any atom is -0.450 e. The van der Waals surface area contributed by atoms with Crippen molar-refractivity contribution in [2.45, 2.75) is 20.3 Å². The lowest BCUT2D eigenvalue weighted by molar-refractivity contribution is 0.168. The van der Waals surface area contributed by atoms with Gasteiger partial charge in [0.25, 0.3) is 0 Å². The van der Waals surface area contributed by atoms with Gasteiger partial charge in [0, 0.05) is 35.1 Å². The molecule has 0 aliphatic carbocycles. The van der Waals surface area contributed by atoms with E-state index in [1.54, 1.807) is 13.1 Å². The average molecular weight is 363 g/mol. The predicted molar refractivity (Wildman–Crippen MR) is 107 cm³/mol. The van der Waals surface area contributed by atoms with Gasteiger partial charge in [-0.1, -0.05) is 18.2 Å². The molecule has 0 radical (unpaired) electrons. The Bertz CT molecular complexity index is 1020. The highest BCUT2D eigenvalue weighted by molar-refractivity contribution is 5.90. The fourth-order valence-corrected chi connectivity index (χ4v) is 3.28. The number of hydrogen-bond acceptors (Lipinski definition) is 6. The smallest absolute Gasteiger partial charge is 0.411 e. The molecule has 0 spiro atoms. The fraction of sp³-hybridized carbons (Fsp3) is 0.250. The van der Waals surface area contributed by atoms with Crippen molar-refractivity contribution in [1.29, 1.82) is 0 Å². The number of hydrogen-bond donors (Lipinski definition) is 3. The third kappa shape index (κ3) is 3.48. The Labute approximate surface area is 157 Å². The maximum atomic E-state index is 11.9. The molecular weight excluding hydrogens is 342 g/mol. The summed E-state index contributed by atoms with van der Waals surface area (Å²) in [6.45, 7) is 4.97. The molecule has 1 aromatic heterocycles. The van der Waals surface area contributed by atoms with Gasteiger partial charge in [0.15, 0.2) is 0 Å². The highest BCUT2D eigenvalue weighted by atomic mass is 16.5. The van der Waals surface area contributed by atoms with E-state index in [0.717, 1.165) is 52.1 Å². The zero-order valence-electron chi connectivity index (χ0n) is 15.3. The summed E-state index contributed by atoms with van der Waals surface area (Å²) >= 11 is 0. The molecule has 7 nitrogen and oxygen atoms in total. The van der Waals surface area contributed by atoms with Crippen LogP contribution in [-0.4, -0.2) is 29.2 Å². The molecule has 1 aliphatic rings. The van der Waals surface area contributed by atoms with E-state index in [2.05, 4.69) is 25.9 Å². The maximum Gasteiger partial charge on any atom is 0.411 e. The van der Waals surface area contributed by atoms with Crippen LogP contribution in [0.3, 0.4) is 0 Å². The molecule has 4 rings (SSSR count). The summed E-state index contributed by atoms with van der Waals surface area (Å²) < 4.78 is 5.01. The van der Waals surface area contributed by atoms with Gasteiger partial charge in [0.05, 0.1) is 17.8 Å². The number of nitrogens with one attached hydrogen (secondary N) is 3. The van der Waals surface area contributed by atoms with Crippen molar-refractivity contribution in [3.05, 3.63) is 47.7 Å². The van der Waals surface area contributed by atoms with Gasteiger partial charge in [0.2, 0.25) is 5.95 Å². The molecule has 27 heavy (non-hydrogen) atoms. The highest BCUT2D eigenvalue weighted by Crippen LogP contribution is 2.34. The molecule has 3 aromatic rings. The number of anilines is 4. The molecule has 0 saturated heterocycles. The Morgan fingerprint density at radius 2 is 2.22 bits per heavy atom. The molecular formula is C20H21N5O2. The lowest BCUT2D eigenvalue weighted by atomic mass is 10.1. The minimum absolute atomic E-state index is 0.328. The second kappa shape index (κ2) is 7.11. The third-order valence-corrected chi connectivity index (χ3v) is 4.52. The van der Waals surface area contributed by atoms with Crippen LogP contribution in [0.5, 0.6) is 0 Å². The largest absolute Gasteiger partial charge is 0.450 e. The summed E-state index contributed by atoms with van der Waals surface area (Å²) in [6.07, 6.45) is 2.20. The summed E-state index contributed by atoms with van der Waals surface area (Å²) in [7, 11) is 0. The molecule has 2 heterocycles. The summed E-state index contributed by atoms with van der Waals surface area (Å²) in [4.78, 5) is 20.9. The number of amides is 1. The number of fused-ring (bicyclic) bond motifs is 2. The first kappa shape index (κ1) is 17.1. The first-order chi connectivity index (χ1) is 13.1. The van der Waals surface area contributed by atoms with Crippen LogP contribution in [0.25, 0.3) is 10.9 Å². The van der Waals surface area contributed by atoms with Gasteiger partial charge in [-0.2, -0.15) is 0 Å². The lowest BCUT2D eigenvalue weighted by Crippen LogP contribution is -2.14. The Morgan fingerprint density at radius 1 is 1.33 bits per heavy atom. The molecule has 2 aromatic carbocycles. The molecule has 0 bridgehead atoms. The topological polar surface area (TPSA) is 88.2 Å². The van der Waals surface area contributed by atoms with Crippen LogP contribution in [0.2, 0.25) is 0 Å². The number of carbonyl (C=O) groups is 1. The van der Waals surface area contributed by atoms with E-state index >= 15 is 0 Å². The number of carbonyl (C=O) groups excluding carboxylic acids is 1. The molecule has 3 N–H and O–H groups in total. The van der Waals surface area contributed by atoms with Gasteiger partial charge in [-0.15, -0.1) is 0 Å². The quantitative estimate of drug-likeness (QED) is 0.643. The molecule has 0 saturated carbocycles. The van der Waals surface area contributed by atoms with Gasteiger partial charge in [-0.3, -0.25) is 5.32 Å². The summed E-state index contributed by atoms with van der Waals surface area (Å²) in [5.74, 6) is 0.511. The molecule has 0 unspecified atom stereocenters. The highest BCUT2D eigenvalue weighted by Gasteiger charge is 2.18. The molecule has 7 heteroatoms. The van der Waals surface area contributed by atoms with E-state index in [-0.39, 0.29) is 0 Å². The van der Waals surface area contributed by atoms with Crippen molar-refractivity contribution in [1.82, 2.24) is 9.97 Å². The van der Waals surface area contributed by atoms with Gasteiger partial charge in [-0.25, -0.2) is 14.8 Å². The Hall–Kier alpha value is -3.35. The summed E-state index contributed by atoms with van der Waals surface area (Å²) in [6, 6.07) is 9.90. The fourth-order valence-electron chi connectivity index (χ4n) is 3.28. The van der Waals surface area contributed by atoms with Crippen LogP contribution in [0.15, 0.2) is 36.5 Å². The van der Waals surface area contributed by atoms with Crippen molar-refractivity contribution in [3.8, 4) is 0 Å². The molecule has 1 amide bonds. The summed E-state index contributed by atoms with van der Waals surface area (Å²) in [5, 5.41) is 10.4. The number of nitrogens with zero attached hydrogens (tertiary/aromatic N) is 2. The first-order valence-electron chi connectivity index (χ1n) is 8.98. The Kier molecular flexibility index (Phi) is 4.50. The maximum absolute atomic E-state index is 11.9. The Balaban J connectivity index is 1.66. The standard InChI is InChI=1S/C20H21N5O2/c1-3-27-20(26)24-17-10-14(9-16-15(17)7-8-21-16)23-19-22-11-13-6-4-5-12(2)18(13)25-19/h4-6,9-11,21H,3,7-8H2,1-2H3,(H,24,26)(H,22,23,25). The molecule has 138 valence electrons. The first-order valence-corrected chi connectivity index (χ1v) is 8.98. The van der Waals surface area contributed by atoms with Crippen molar-refractivity contribution >= 4 is 40.0 Å². The van der Waals surface area contributed by atoms with Crippen LogP contribution >= 0.6 is 0 Å². The number of benzene rings is 2. The second-order valence-electron chi connectivity index (χ2n) is 6.40. The van der Waals surface area contributed by atoms with Crippen LogP contribution in [0.1, 0.15) is 18.1 Å². The zero-order valence-corrected chi connectivity index (χ0v) is 15.3. The van der Waals surface area contributed by atoms with Crippen LogP contribution in [0, 0.1) is 6.92 Å². The van der Waals surface area contributed by atoms with Crippen LogP contribution in [0.4, 0.5) is 27.8 Å². The summed E-state index contributed by atoms with van der Waals surface area (Å²) in [5.41, 5.74) is 5.60. The second-order valence-corrected chi connectivity index (χ2v) is 6.40. The van der Waals surface area contributed by atoms with Gasteiger partial charge < -0.3 is 15.4 Å². The van der Waals surface area contributed by atoms with E-state index in [1.807, 2.05) is 37.3 Å². The molecule has 0 fully saturated rings. The van der Waals surface area contributed by atoms with Gasteiger partial charge in [0.1, 0.15) is 0 Å².